The molecule has 0 unspecified atom stereocenters. The molecule has 1 aliphatic heterocycles. The Balaban J connectivity index is 1.62. The third-order valence-electron chi connectivity index (χ3n) is 6.65. The van der Waals surface area contributed by atoms with Gasteiger partial charge in [0.2, 0.25) is 11.7 Å². The standard InChI is InChI=1S/C29H26N4O5/c1-32-27(36)25(34)23(26(35)30-21-11-7-4-8-12-21)31-29(32)33-16-15-19-17-20(28(37)38-2)13-14-22(19)24(33)18-9-5-3-6-10-18/h3-14,17,24,34H,15-16H2,1-2H3,(H,30,35)/t24-/m1/s1. The summed E-state index contributed by atoms with van der Waals surface area (Å²) in [7, 11) is 2.86. The van der Waals surface area contributed by atoms with Crippen LogP contribution in [0.2, 0.25) is 0 Å². The fraction of sp³-hybridized carbons (Fsp3) is 0.172. The van der Waals surface area contributed by atoms with E-state index < -0.39 is 23.2 Å². The molecule has 2 heterocycles. The molecule has 0 saturated carbocycles. The number of methoxy groups -OCH3 is 1. The number of aromatic nitrogens is 2. The van der Waals surface area contributed by atoms with Gasteiger partial charge in [0.25, 0.3) is 11.5 Å². The minimum Gasteiger partial charge on any atom is -0.501 e. The van der Waals surface area contributed by atoms with Crippen LogP contribution in [-0.4, -0.2) is 40.2 Å². The maximum absolute atomic E-state index is 13.1. The zero-order valence-electron chi connectivity index (χ0n) is 20.9. The molecule has 3 aromatic carbocycles. The van der Waals surface area contributed by atoms with Gasteiger partial charge < -0.3 is 20.1 Å². The van der Waals surface area contributed by atoms with Crippen molar-refractivity contribution in [2.24, 2.45) is 7.05 Å². The third kappa shape index (κ3) is 4.50. The van der Waals surface area contributed by atoms with Crippen molar-refractivity contribution in [1.29, 1.82) is 0 Å². The Hall–Kier alpha value is -4.92. The highest BCUT2D eigenvalue weighted by Crippen LogP contribution is 2.38. The molecule has 0 spiro atoms. The number of benzene rings is 3. The number of carbonyl (C=O) groups excluding carboxylic acids is 2. The van der Waals surface area contributed by atoms with Gasteiger partial charge in [-0.1, -0.05) is 54.6 Å². The molecular weight excluding hydrogens is 484 g/mol. The van der Waals surface area contributed by atoms with E-state index in [0.29, 0.717) is 24.2 Å². The smallest absolute Gasteiger partial charge is 0.337 e. The van der Waals surface area contributed by atoms with Crippen LogP contribution in [-0.2, 0) is 18.2 Å². The average Bonchev–Trinajstić information content (AvgIpc) is 2.95. The summed E-state index contributed by atoms with van der Waals surface area (Å²) in [6.45, 7) is 0.446. The van der Waals surface area contributed by atoms with Crippen LogP contribution in [0.1, 0.15) is 43.6 Å². The predicted octanol–water partition coefficient (Wildman–Crippen LogP) is 3.68. The van der Waals surface area contributed by atoms with Gasteiger partial charge in [0, 0.05) is 19.3 Å². The highest BCUT2D eigenvalue weighted by Gasteiger charge is 2.33. The third-order valence-corrected chi connectivity index (χ3v) is 6.65. The lowest BCUT2D eigenvalue weighted by atomic mass is 9.87. The number of rotatable bonds is 5. The lowest BCUT2D eigenvalue weighted by Gasteiger charge is -2.39. The molecule has 0 fully saturated rings. The molecule has 0 bridgehead atoms. The number of ether oxygens (including phenoxy) is 1. The molecule has 192 valence electrons. The van der Waals surface area contributed by atoms with Crippen LogP contribution in [0.15, 0.2) is 83.7 Å². The van der Waals surface area contributed by atoms with Crippen LogP contribution >= 0.6 is 0 Å². The maximum atomic E-state index is 13.1. The summed E-state index contributed by atoms with van der Waals surface area (Å²) in [6.07, 6.45) is 0.561. The van der Waals surface area contributed by atoms with E-state index in [4.69, 9.17) is 4.74 Å². The lowest BCUT2D eigenvalue weighted by Crippen LogP contribution is -2.41. The minimum atomic E-state index is -0.730. The summed E-state index contributed by atoms with van der Waals surface area (Å²) < 4.78 is 6.14. The number of nitrogens with zero attached hydrogens (tertiary/aromatic N) is 3. The summed E-state index contributed by atoms with van der Waals surface area (Å²) in [6, 6.07) is 23.5. The molecule has 1 amide bonds. The molecule has 9 heteroatoms. The van der Waals surface area contributed by atoms with E-state index in [-0.39, 0.29) is 17.7 Å². The van der Waals surface area contributed by atoms with Gasteiger partial charge in [-0.05, 0) is 47.4 Å². The fourth-order valence-electron chi connectivity index (χ4n) is 4.79. The Kier molecular flexibility index (Phi) is 6.66. The molecule has 2 N–H and O–H groups in total. The number of nitrogens with one attached hydrogen (secondary N) is 1. The summed E-state index contributed by atoms with van der Waals surface area (Å²) in [5.74, 6) is -1.59. The quantitative estimate of drug-likeness (QED) is 0.394. The highest BCUT2D eigenvalue weighted by molar-refractivity contribution is 6.04. The largest absolute Gasteiger partial charge is 0.501 e. The Bertz CT molecular complexity index is 1570. The van der Waals surface area contributed by atoms with E-state index in [0.717, 1.165) is 16.7 Å². The van der Waals surface area contributed by atoms with E-state index in [1.807, 2.05) is 53.4 Å². The molecule has 9 nitrogen and oxygen atoms in total. The monoisotopic (exact) mass is 510 g/mol. The van der Waals surface area contributed by atoms with Crippen molar-refractivity contribution in [2.45, 2.75) is 12.5 Å². The van der Waals surface area contributed by atoms with Crippen molar-refractivity contribution in [3.8, 4) is 5.75 Å². The Morgan fingerprint density at radius 3 is 2.39 bits per heavy atom. The van der Waals surface area contributed by atoms with E-state index in [2.05, 4.69) is 10.3 Å². The summed E-state index contributed by atoms with van der Waals surface area (Å²) in [4.78, 5) is 44.7. The number of fused-ring (bicyclic) bond motifs is 1. The van der Waals surface area contributed by atoms with Crippen molar-refractivity contribution < 1.29 is 19.4 Å². The van der Waals surface area contributed by atoms with Gasteiger partial charge in [-0.3, -0.25) is 14.2 Å². The first-order valence-corrected chi connectivity index (χ1v) is 12.1. The molecule has 4 aromatic rings. The zero-order chi connectivity index (χ0) is 26.8. The molecule has 0 saturated heterocycles. The highest BCUT2D eigenvalue weighted by atomic mass is 16.5. The van der Waals surface area contributed by atoms with Gasteiger partial charge in [0.15, 0.2) is 5.69 Å². The fourth-order valence-corrected chi connectivity index (χ4v) is 4.79. The number of para-hydroxylation sites is 1. The van der Waals surface area contributed by atoms with E-state index in [1.165, 1.54) is 18.7 Å². The number of esters is 1. The Morgan fingerprint density at radius 1 is 1.03 bits per heavy atom. The van der Waals surface area contributed by atoms with Gasteiger partial charge >= 0.3 is 5.97 Å². The number of hydrogen-bond donors (Lipinski definition) is 2. The Morgan fingerprint density at radius 2 is 1.71 bits per heavy atom. The molecule has 5 rings (SSSR count). The number of hydrogen-bond acceptors (Lipinski definition) is 7. The van der Waals surface area contributed by atoms with E-state index in [1.54, 1.807) is 30.3 Å². The minimum absolute atomic E-state index is 0.238. The van der Waals surface area contributed by atoms with Crippen LogP contribution in [0.3, 0.4) is 0 Å². The maximum Gasteiger partial charge on any atom is 0.337 e. The number of aromatic hydroxyl groups is 1. The van der Waals surface area contributed by atoms with Crippen molar-refractivity contribution in [1.82, 2.24) is 9.55 Å². The van der Waals surface area contributed by atoms with Crippen molar-refractivity contribution in [2.75, 3.05) is 23.9 Å². The van der Waals surface area contributed by atoms with Crippen LogP contribution < -0.4 is 15.8 Å². The SMILES string of the molecule is COC(=O)c1ccc2c(c1)CCN(c1nc(C(=O)Nc3ccccc3)c(O)c(=O)n1C)[C@@H]2c1ccccc1. The summed E-state index contributed by atoms with van der Waals surface area (Å²) in [5.41, 5.74) is 2.74. The normalized spacial score (nSPS) is 14.5. The van der Waals surface area contributed by atoms with Crippen molar-refractivity contribution in [3.63, 3.8) is 0 Å². The van der Waals surface area contributed by atoms with E-state index >= 15 is 0 Å². The van der Waals surface area contributed by atoms with E-state index in [9.17, 15) is 19.5 Å². The molecule has 0 radical (unpaired) electrons. The number of amides is 1. The van der Waals surface area contributed by atoms with Gasteiger partial charge in [-0.25, -0.2) is 9.78 Å². The second kappa shape index (κ2) is 10.2. The van der Waals surface area contributed by atoms with Crippen molar-refractivity contribution >= 4 is 23.5 Å². The van der Waals surface area contributed by atoms with Crippen molar-refractivity contribution in [3.05, 3.63) is 117 Å². The average molecular weight is 511 g/mol. The number of anilines is 2. The second-order valence-corrected chi connectivity index (χ2v) is 8.96. The number of carbonyl (C=O) groups is 2. The predicted molar refractivity (Wildman–Crippen MR) is 143 cm³/mol. The van der Waals surface area contributed by atoms with Gasteiger partial charge in [0.1, 0.15) is 0 Å². The van der Waals surface area contributed by atoms with Gasteiger partial charge in [-0.2, -0.15) is 0 Å². The first-order chi connectivity index (χ1) is 18.4. The first-order valence-electron chi connectivity index (χ1n) is 12.1. The lowest BCUT2D eigenvalue weighted by molar-refractivity contribution is 0.0600. The summed E-state index contributed by atoms with van der Waals surface area (Å²) in [5, 5.41) is 13.3. The topological polar surface area (TPSA) is 114 Å². The second-order valence-electron chi connectivity index (χ2n) is 8.96. The molecular formula is C29H26N4O5. The molecule has 38 heavy (non-hydrogen) atoms. The van der Waals surface area contributed by atoms with Gasteiger partial charge in [-0.15, -0.1) is 0 Å². The molecule has 1 atom stereocenters. The molecule has 0 aliphatic carbocycles. The van der Waals surface area contributed by atoms with Crippen LogP contribution in [0.25, 0.3) is 0 Å². The van der Waals surface area contributed by atoms with Crippen LogP contribution in [0.5, 0.6) is 5.75 Å². The zero-order valence-corrected chi connectivity index (χ0v) is 20.9. The molecule has 1 aliphatic rings. The Labute approximate surface area is 219 Å². The van der Waals surface area contributed by atoms with Gasteiger partial charge in [0.05, 0.1) is 18.7 Å². The van der Waals surface area contributed by atoms with Crippen LogP contribution in [0, 0.1) is 0 Å². The molecule has 1 aromatic heterocycles. The summed E-state index contributed by atoms with van der Waals surface area (Å²) >= 11 is 0. The van der Waals surface area contributed by atoms with Crippen LogP contribution in [0.4, 0.5) is 11.6 Å². The first kappa shape index (κ1) is 24.8.